The topological polar surface area (TPSA) is 53.0 Å². The molecule has 3 heteroatoms. The lowest BCUT2D eigenvalue weighted by Gasteiger charge is -1.96. The number of epoxide rings is 1. The van der Waals surface area contributed by atoms with Crippen LogP contribution in [0.5, 0.6) is 0 Å². The van der Waals surface area contributed by atoms with E-state index in [4.69, 9.17) is 4.74 Å². The molecule has 0 aliphatic carbocycles. The monoisotopic (exact) mass is 266 g/mol. The summed E-state index contributed by atoms with van der Waals surface area (Å²) in [5, 5.41) is 19.1. The van der Waals surface area contributed by atoms with E-state index < -0.39 is 11.9 Å². The summed E-state index contributed by atoms with van der Waals surface area (Å²) in [7, 11) is 0. The van der Waals surface area contributed by atoms with Crippen LogP contribution in [0.4, 0.5) is 0 Å². The highest BCUT2D eigenvalue weighted by Gasteiger charge is 2.53. The number of aliphatic hydroxyl groups is 2. The van der Waals surface area contributed by atoms with E-state index in [9.17, 15) is 10.2 Å². The van der Waals surface area contributed by atoms with Crippen molar-refractivity contribution in [2.45, 2.75) is 76.8 Å². The summed E-state index contributed by atoms with van der Waals surface area (Å²) in [6.45, 7) is 4.05. The number of hydrogen-bond acceptors (Lipinski definition) is 3. The van der Waals surface area contributed by atoms with Crippen LogP contribution in [0.3, 0.4) is 0 Å². The van der Waals surface area contributed by atoms with Gasteiger partial charge < -0.3 is 14.9 Å². The lowest BCUT2D eigenvalue weighted by atomic mass is 10.1. The normalized spacial score (nSPS) is 27.1. The first-order valence-corrected chi connectivity index (χ1v) is 7.40. The van der Waals surface area contributed by atoms with Crippen LogP contribution in [0.1, 0.15) is 58.8 Å². The Morgan fingerprint density at radius 3 is 2.68 bits per heavy atom. The highest BCUT2D eigenvalue weighted by atomic mass is 16.7. The van der Waals surface area contributed by atoms with Gasteiger partial charge in [-0.3, -0.25) is 0 Å². The molecular formula is C16H26O3. The van der Waals surface area contributed by atoms with Gasteiger partial charge in [0.2, 0.25) is 0 Å². The number of ether oxygens (including phenoxy) is 1. The maximum Gasteiger partial charge on any atom is 0.263 e. The molecule has 0 aromatic rings. The molecule has 0 radical (unpaired) electrons. The second kappa shape index (κ2) is 8.37. The molecule has 0 bridgehead atoms. The standard InChI is InChI=1S/C16H26O3/c1-3-5-6-7-8-9-10-11-15-16(18,19-15)13-12-14(17)4-2/h10-11,14-15,17-18H,3-9H2,1-2H3/b11-10-/t14-,15-,16+/m0/s1. The van der Waals surface area contributed by atoms with Crippen LogP contribution in [0.2, 0.25) is 0 Å². The molecule has 1 fully saturated rings. The van der Waals surface area contributed by atoms with Gasteiger partial charge in [0.15, 0.2) is 0 Å². The summed E-state index contributed by atoms with van der Waals surface area (Å²) in [6, 6.07) is 0. The molecule has 0 unspecified atom stereocenters. The van der Waals surface area contributed by atoms with E-state index >= 15 is 0 Å². The second-order valence-electron chi connectivity index (χ2n) is 5.06. The molecule has 1 aliphatic rings. The van der Waals surface area contributed by atoms with Crippen molar-refractivity contribution in [1.29, 1.82) is 0 Å². The Hall–Kier alpha value is -0.820. The Morgan fingerprint density at radius 1 is 1.26 bits per heavy atom. The van der Waals surface area contributed by atoms with Crippen molar-refractivity contribution in [2.75, 3.05) is 0 Å². The van der Waals surface area contributed by atoms with Crippen LogP contribution in [-0.2, 0) is 4.74 Å². The molecule has 1 saturated heterocycles. The van der Waals surface area contributed by atoms with E-state index in [1.165, 1.54) is 32.1 Å². The molecule has 3 atom stereocenters. The van der Waals surface area contributed by atoms with Gasteiger partial charge in [-0.1, -0.05) is 57.6 Å². The Kier molecular flexibility index (Phi) is 7.15. The molecular weight excluding hydrogens is 240 g/mol. The van der Waals surface area contributed by atoms with E-state index in [2.05, 4.69) is 18.8 Å². The van der Waals surface area contributed by atoms with E-state index in [-0.39, 0.29) is 6.10 Å². The fraction of sp³-hybridized carbons (Fsp3) is 0.750. The quantitative estimate of drug-likeness (QED) is 0.307. The maximum absolute atomic E-state index is 9.85. The van der Waals surface area contributed by atoms with E-state index in [1.54, 1.807) is 0 Å². The fourth-order valence-electron chi connectivity index (χ4n) is 1.80. The minimum absolute atomic E-state index is 0.334. The number of hydrogen-bond donors (Lipinski definition) is 2. The Balaban J connectivity index is 2.16. The SMILES string of the molecule is CCCCCCC/C=C\[C@@H]1O[C@]1(O)C#C[C@@H](O)CC. The van der Waals surface area contributed by atoms with Gasteiger partial charge in [0.1, 0.15) is 12.2 Å². The van der Waals surface area contributed by atoms with Crippen LogP contribution in [0.25, 0.3) is 0 Å². The first-order valence-electron chi connectivity index (χ1n) is 7.40. The molecule has 108 valence electrons. The van der Waals surface area contributed by atoms with Crippen molar-refractivity contribution in [3.8, 4) is 11.8 Å². The third-order valence-electron chi connectivity index (χ3n) is 3.22. The average Bonchev–Trinajstić information content (AvgIpc) is 3.06. The zero-order valence-electron chi connectivity index (χ0n) is 12.1. The zero-order chi connectivity index (χ0) is 14.1. The summed E-state index contributed by atoms with van der Waals surface area (Å²) in [6.07, 6.45) is 10.8. The van der Waals surface area contributed by atoms with Crippen LogP contribution in [-0.4, -0.2) is 28.2 Å². The Morgan fingerprint density at radius 2 is 2.00 bits per heavy atom. The lowest BCUT2D eigenvalue weighted by molar-refractivity contribution is 0.0910. The summed E-state index contributed by atoms with van der Waals surface area (Å²) in [4.78, 5) is 0. The minimum Gasteiger partial charge on any atom is -0.380 e. The molecule has 2 N–H and O–H groups in total. The van der Waals surface area contributed by atoms with Gasteiger partial charge in [-0.2, -0.15) is 0 Å². The zero-order valence-corrected chi connectivity index (χ0v) is 12.1. The third-order valence-corrected chi connectivity index (χ3v) is 3.22. The summed E-state index contributed by atoms with van der Waals surface area (Å²) in [5.41, 5.74) is 0. The molecule has 1 heterocycles. The van der Waals surface area contributed by atoms with Crippen molar-refractivity contribution >= 4 is 0 Å². The van der Waals surface area contributed by atoms with Gasteiger partial charge >= 0.3 is 0 Å². The number of allylic oxidation sites excluding steroid dienone is 1. The van der Waals surface area contributed by atoms with Crippen LogP contribution < -0.4 is 0 Å². The Labute approximate surface area is 116 Å². The van der Waals surface area contributed by atoms with E-state index in [1.807, 2.05) is 19.1 Å². The first kappa shape index (κ1) is 16.2. The molecule has 0 aromatic carbocycles. The van der Waals surface area contributed by atoms with Crippen molar-refractivity contribution < 1.29 is 14.9 Å². The van der Waals surface area contributed by atoms with Gasteiger partial charge in [-0.25, -0.2) is 0 Å². The van der Waals surface area contributed by atoms with Gasteiger partial charge in [-0.15, -0.1) is 0 Å². The number of unbranched alkanes of at least 4 members (excludes halogenated alkanes) is 5. The average molecular weight is 266 g/mol. The summed E-state index contributed by atoms with van der Waals surface area (Å²) < 4.78 is 5.13. The van der Waals surface area contributed by atoms with Crippen molar-refractivity contribution in [2.24, 2.45) is 0 Å². The predicted molar refractivity (Wildman–Crippen MR) is 76.4 cm³/mol. The van der Waals surface area contributed by atoms with Crippen molar-refractivity contribution in [1.82, 2.24) is 0 Å². The van der Waals surface area contributed by atoms with Crippen LogP contribution >= 0.6 is 0 Å². The maximum atomic E-state index is 9.85. The molecule has 1 aliphatic heterocycles. The molecule has 0 amide bonds. The van der Waals surface area contributed by atoms with Gasteiger partial charge in [0, 0.05) is 0 Å². The minimum atomic E-state index is -1.37. The third kappa shape index (κ3) is 6.24. The molecule has 0 aromatic heterocycles. The van der Waals surface area contributed by atoms with Gasteiger partial charge in [0.25, 0.3) is 5.79 Å². The van der Waals surface area contributed by atoms with Crippen molar-refractivity contribution in [3.63, 3.8) is 0 Å². The second-order valence-corrected chi connectivity index (χ2v) is 5.06. The number of rotatable bonds is 8. The fourth-order valence-corrected chi connectivity index (χ4v) is 1.80. The smallest absolute Gasteiger partial charge is 0.263 e. The van der Waals surface area contributed by atoms with E-state index in [0.29, 0.717) is 6.42 Å². The predicted octanol–water partition coefficient (Wildman–Crippen LogP) is 2.76. The molecule has 19 heavy (non-hydrogen) atoms. The molecule has 3 nitrogen and oxygen atoms in total. The van der Waals surface area contributed by atoms with Gasteiger partial charge in [-0.05, 0) is 25.2 Å². The molecule has 0 spiro atoms. The highest BCUT2D eigenvalue weighted by molar-refractivity contribution is 5.25. The highest BCUT2D eigenvalue weighted by Crippen LogP contribution is 2.34. The van der Waals surface area contributed by atoms with Crippen molar-refractivity contribution in [3.05, 3.63) is 12.2 Å². The lowest BCUT2D eigenvalue weighted by Crippen LogP contribution is -2.11. The number of aliphatic hydroxyl groups excluding tert-OH is 1. The van der Waals surface area contributed by atoms with Crippen LogP contribution in [0.15, 0.2) is 12.2 Å². The summed E-state index contributed by atoms with van der Waals surface area (Å²) in [5.74, 6) is 3.80. The first-order chi connectivity index (χ1) is 9.12. The summed E-state index contributed by atoms with van der Waals surface area (Å²) >= 11 is 0. The molecule has 1 rings (SSSR count). The Bertz CT molecular complexity index is 340. The van der Waals surface area contributed by atoms with Crippen LogP contribution in [0, 0.1) is 11.8 Å². The molecule has 0 saturated carbocycles. The van der Waals surface area contributed by atoms with Gasteiger partial charge in [0.05, 0.1) is 0 Å². The van der Waals surface area contributed by atoms with E-state index in [0.717, 1.165) is 6.42 Å². The largest absolute Gasteiger partial charge is 0.380 e.